The van der Waals surface area contributed by atoms with Crippen LogP contribution >= 0.6 is 15.9 Å². The van der Waals surface area contributed by atoms with Gasteiger partial charge in [-0.15, -0.1) is 0 Å². The van der Waals surface area contributed by atoms with Gasteiger partial charge in [0.05, 0.1) is 10.6 Å². The van der Waals surface area contributed by atoms with Gasteiger partial charge in [-0.2, -0.15) is 0 Å². The molecule has 4 aromatic carbocycles. The number of benzene rings is 4. The van der Waals surface area contributed by atoms with Gasteiger partial charge in [0.25, 0.3) is 15.9 Å². The summed E-state index contributed by atoms with van der Waals surface area (Å²) in [7, 11) is -3.80. The summed E-state index contributed by atoms with van der Waals surface area (Å²) >= 11 is 3.37. The number of sulfonamides is 1. The number of hydrogen-bond acceptors (Lipinski definition) is 4. The monoisotopic (exact) mass is 534 g/mol. The van der Waals surface area contributed by atoms with Crippen LogP contribution in [0.15, 0.2) is 112 Å². The summed E-state index contributed by atoms with van der Waals surface area (Å²) in [6, 6.07) is 27.9. The van der Waals surface area contributed by atoms with Gasteiger partial charge in [0, 0.05) is 26.9 Å². The van der Waals surface area contributed by atoms with Crippen molar-refractivity contribution in [3.8, 4) is 0 Å². The Morgan fingerprint density at radius 1 is 0.706 bits per heavy atom. The lowest BCUT2D eigenvalue weighted by Crippen LogP contribution is -2.16. The molecule has 34 heavy (non-hydrogen) atoms. The molecule has 0 heterocycles. The van der Waals surface area contributed by atoms with Crippen molar-refractivity contribution in [1.82, 2.24) is 0 Å². The Bertz CT molecular complexity index is 1460. The van der Waals surface area contributed by atoms with Gasteiger partial charge in [-0.05, 0) is 48.5 Å². The maximum Gasteiger partial charge on any atom is 0.261 e. The van der Waals surface area contributed by atoms with Crippen LogP contribution in [-0.4, -0.2) is 20.1 Å². The van der Waals surface area contributed by atoms with Crippen LogP contribution in [0.4, 0.5) is 11.4 Å². The molecule has 2 N–H and O–H groups in total. The van der Waals surface area contributed by atoms with Gasteiger partial charge in [-0.1, -0.05) is 70.5 Å². The molecule has 0 saturated heterocycles. The van der Waals surface area contributed by atoms with Crippen molar-refractivity contribution < 1.29 is 18.0 Å². The number of amides is 1. The first-order chi connectivity index (χ1) is 16.3. The summed E-state index contributed by atoms with van der Waals surface area (Å²) in [5, 5.41) is 2.77. The highest BCUT2D eigenvalue weighted by Crippen LogP contribution is 2.25. The minimum atomic E-state index is -3.80. The standard InChI is InChI=1S/C26H19BrN2O4S/c27-20-14-15-24(23(17-20)25(30)18-8-3-1-4-9-18)28-26(31)19-10-7-11-21(16-19)29-34(32,33)22-12-5-2-6-13-22/h1-17,29H,(H,28,31). The van der Waals surface area contributed by atoms with Crippen molar-refractivity contribution in [1.29, 1.82) is 0 Å². The Kier molecular flexibility index (Phi) is 6.90. The van der Waals surface area contributed by atoms with Crippen LogP contribution < -0.4 is 10.0 Å². The molecule has 0 radical (unpaired) electrons. The molecule has 0 aliphatic carbocycles. The van der Waals surface area contributed by atoms with E-state index in [2.05, 4.69) is 26.0 Å². The van der Waals surface area contributed by atoms with Crippen molar-refractivity contribution in [3.63, 3.8) is 0 Å². The molecule has 0 unspecified atom stereocenters. The highest BCUT2D eigenvalue weighted by molar-refractivity contribution is 9.10. The number of anilines is 2. The summed E-state index contributed by atoms with van der Waals surface area (Å²) in [5.41, 5.74) is 1.64. The average molecular weight is 535 g/mol. The van der Waals surface area contributed by atoms with Crippen molar-refractivity contribution in [2.24, 2.45) is 0 Å². The first-order valence-corrected chi connectivity index (χ1v) is 12.5. The number of carbonyl (C=O) groups is 2. The lowest BCUT2D eigenvalue weighted by Gasteiger charge is -2.13. The van der Waals surface area contributed by atoms with Crippen LogP contribution in [-0.2, 0) is 10.0 Å². The number of nitrogens with one attached hydrogen (secondary N) is 2. The van der Waals surface area contributed by atoms with Gasteiger partial charge < -0.3 is 5.32 Å². The van der Waals surface area contributed by atoms with Gasteiger partial charge in [0.15, 0.2) is 5.78 Å². The van der Waals surface area contributed by atoms with Crippen molar-refractivity contribution in [2.45, 2.75) is 4.90 Å². The number of ketones is 1. The molecular formula is C26H19BrN2O4S. The number of hydrogen-bond donors (Lipinski definition) is 2. The quantitative estimate of drug-likeness (QED) is 0.296. The van der Waals surface area contributed by atoms with E-state index in [0.29, 0.717) is 21.3 Å². The molecule has 0 aliphatic heterocycles. The van der Waals surface area contributed by atoms with Gasteiger partial charge in [-0.25, -0.2) is 8.42 Å². The Hall–Kier alpha value is -3.75. The highest BCUT2D eigenvalue weighted by Gasteiger charge is 2.18. The Morgan fingerprint density at radius 3 is 2.06 bits per heavy atom. The second-order valence-electron chi connectivity index (χ2n) is 7.34. The maximum absolute atomic E-state index is 13.0. The smallest absolute Gasteiger partial charge is 0.261 e. The molecular weight excluding hydrogens is 516 g/mol. The molecule has 0 saturated carbocycles. The normalized spacial score (nSPS) is 11.0. The summed E-state index contributed by atoms with van der Waals surface area (Å²) in [4.78, 5) is 26.1. The van der Waals surface area contributed by atoms with Crippen molar-refractivity contribution in [3.05, 3.63) is 124 Å². The van der Waals surface area contributed by atoms with Crippen molar-refractivity contribution >= 4 is 49.0 Å². The number of carbonyl (C=O) groups excluding carboxylic acids is 2. The van der Waals surface area contributed by atoms with Crippen molar-refractivity contribution in [2.75, 3.05) is 10.0 Å². The van der Waals surface area contributed by atoms with E-state index in [1.807, 2.05) is 6.07 Å². The zero-order chi connectivity index (χ0) is 24.1. The zero-order valence-electron chi connectivity index (χ0n) is 17.7. The molecule has 170 valence electrons. The van der Waals surface area contributed by atoms with Gasteiger partial charge >= 0.3 is 0 Å². The van der Waals surface area contributed by atoms with E-state index in [-0.39, 0.29) is 21.9 Å². The van der Waals surface area contributed by atoms with Gasteiger partial charge in [0.2, 0.25) is 0 Å². The minimum Gasteiger partial charge on any atom is -0.321 e. The fraction of sp³-hybridized carbons (Fsp3) is 0. The predicted molar refractivity (Wildman–Crippen MR) is 136 cm³/mol. The topological polar surface area (TPSA) is 92.3 Å². The fourth-order valence-corrected chi connectivity index (χ4v) is 4.72. The lowest BCUT2D eigenvalue weighted by molar-refractivity contribution is 0.102. The van der Waals surface area contributed by atoms with Crippen LogP contribution in [0.5, 0.6) is 0 Å². The Balaban J connectivity index is 1.58. The molecule has 0 atom stereocenters. The second kappa shape index (κ2) is 10.0. The Morgan fingerprint density at radius 2 is 1.35 bits per heavy atom. The van der Waals surface area contributed by atoms with Gasteiger partial charge in [0.1, 0.15) is 0 Å². The SMILES string of the molecule is O=C(Nc1ccc(Br)cc1C(=O)c1ccccc1)c1cccc(NS(=O)(=O)c2ccccc2)c1. The van der Waals surface area contributed by atoms with E-state index in [0.717, 1.165) is 0 Å². The lowest BCUT2D eigenvalue weighted by atomic mass is 10.0. The van der Waals surface area contributed by atoms with Crippen LogP contribution in [0.1, 0.15) is 26.3 Å². The number of rotatable bonds is 7. The molecule has 8 heteroatoms. The van der Waals surface area contributed by atoms with E-state index in [4.69, 9.17) is 0 Å². The summed E-state index contributed by atoms with van der Waals surface area (Å²) in [6.07, 6.45) is 0. The van der Waals surface area contributed by atoms with E-state index in [9.17, 15) is 18.0 Å². The second-order valence-corrected chi connectivity index (χ2v) is 9.94. The van der Waals surface area contributed by atoms with Crippen LogP contribution in [0.3, 0.4) is 0 Å². The van der Waals surface area contributed by atoms with E-state index < -0.39 is 15.9 Å². The highest BCUT2D eigenvalue weighted by atomic mass is 79.9. The first kappa shape index (κ1) is 23.4. The van der Waals surface area contributed by atoms with Gasteiger partial charge in [-0.3, -0.25) is 14.3 Å². The van der Waals surface area contributed by atoms with E-state index in [1.165, 1.54) is 18.2 Å². The van der Waals surface area contributed by atoms with Crippen LogP contribution in [0, 0.1) is 0 Å². The van der Waals surface area contributed by atoms with Crippen LogP contribution in [0.2, 0.25) is 0 Å². The third-order valence-electron chi connectivity index (χ3n) is 4.94. The molecule has 1 amide bonds. The third-order valence-corrected chi connectivity index (χ3v) is 6.83. The zero-order valence-corrected chi connectivity index (χ0v) is 20.1. The largest absolute Gasteiger partial charge is 0.321 e. The summed E-state index contributed by atoms with van der Waals surface area (Å²) in [5.74, 6) is -0.716. The minimum absolute atomic E-state index is 0.115. The first-order valence-electron chi connectivity index (χ1n) is 10.2. The predicted octanol–water partition coefficient (Wildman–Crippen LogP) is 5.73. The van der Waals surface area contributed by atoms with Crippen LogP contribution in [0.25, 0.3) is 0 Å². The average Bonchev–Trinajstić information content (AvgIpc) is 2.85. The number of halogens is 1. The molecule has 0 aliphatic rings. The van der Waals surface area contributed by atoms with E-state index >= 15 is 0 Å². The Labute approximate surface area is 205 Å². The molecule has 0 fully saturated rings. The molecule has 6 nitrogen and oxygen atoms in total. The summed E-state index contributed by atoms with van der Waals surface area (Å²) in [6.45, 7) is 0. The maximum atomic E-state index is 13.0. The fourth-order valence-electron chi connectivity index (χ4n) is 3.29. The summed E-state index contributed by atoms with van der Waals surface area (Å²) < 4.78 is 28.4. The third kappa shape index (κ3) is 5.41. The molecule has 0 aromatic heterocycles. The molecule has 0 spiro atoms. The molecule has 4 rings (SSSR count). The van der Waals surface area contributed by atoms with E-state index in [1.54, 1.807) is 78.9 Å². The molecule has 0 bridgehead atoms. The molecule has 4 aromatic rings.